The van der Waals surface area contributed by atoms with Crippen LogP contribution in [-0.4, -0.2) is 75.9 Å². The van der Waals surface area contributed by atoms with Gasteiger partial charge in [-0.25, -0.2) is 18.2 Å². The van der Waals surface area contributed by atoms with Gasteiger partial charge in [0.1, 0.15) is 17.5 Å². The van der Waals surface area contributed by atoms with Crippen molar-refractivity contribution in [2.75, 3.05) is 60.4 Å². The topological polar surface area (TPSA) is 93.1 Å². The number of thioether (sulfide) groups is 1. The SMILES string of the molecule is CCCOCCOCCOCCNC(=O)c1cc(F)c(CSc2nc3c(n2-c2ccc(F)cc2)C(c2ccc(OC)c(OC)c2)CCC3)c(F)c1. The van der Waals surface area contributed by atoms with Crippen LogP contribution in [0.5, 0.6) is 11.5 Å². The molecule has 1 amide bonds. The molecule has 3 aromatic carbocycles. The van der Waals surface area contributed by atoms with E-state index in [1.807, 2.05) is 29.7 Å². The Kier molecular flexibility index (Phi) is 14.2. The monoisotopic (exact) mass is 727 g/mol. The fraction of sp³-hybridized carbons (Fsp3) is 0.421. The van der Waals surface area contributed by atoms with Crippen molar-refractivity contribution in [2.45, 2.75) is 49.4 Å². The van der Waals surface area contributed by atoms with E-state index in [4.69, 9.17) is 28.7 Å². The number of imidazole rings is 1. The highest BCUT2D eigenvalue weighted by molar-refractivity contribution is 7.98. The van der Waals surface area contributed by atoms with Crippen LogP contribution in [0.25, 0.3) is 5.69 Å². The molecule has 9 nitrogen and oxygen atoms in total. The number of nitrogens with zero attached hydrogens (tertiary/aromatic N) is 2. The molecule has 13 heteroatoms. The lowest BCUT2D eigenvalue weighted by molar-refractivity contribution is 0.0152. The third-order valence-electron chi connectivity index (χ3n) is 8.46. The lowest BCUT2D eigenvalue weighted by Crippen LogP contribution is -2.28. The third kappa shape index (κ3) is 9.85. The van der Waals surface area contributed by atoms with Crippen LogP contribution in [0.3, 0.4) is 0 Å². The molecule has 0 saturated carbocycles. The van der Waals surface area contributed by atoms with E-state index in [0.717, 1.165) is 54.8 Å². The summed E-state index contributed by atoms with van der Waals surface area (Å²) < 4.78 is 73.9. The van der Waals surface area contributed by atoms with E-state index in [1.165, 1.54) is 23.9 Å². The predicted octanol–water partition coefficient (Wildman–Crippen LogP) is 7.26. The van der Waals surface area contributed by atoms with Gasteiger partial charge in [0, 0.05) is 41.6 Å². The van der Waals surface area contributed by atoms with Crippen molar-refractivity contribution in [1.82, 2.24) is 14.9 Å². The Labute approximate surface area is 300 Å². The number of amides is 1. The maximum Gasteiger partial charge on any atom is 0.251 e. The van der Waals surface area contributed by atoms with Gasteiger partial charge in [0.15, 0.2) is 16.7 Å². The number of aryl methyl sites for hydroxylation is 1. The summed E-state index contributed by atoms with van der Waals surface area (Å²) in [6.07, 6.45) is 3.40. The van der Waals surface area contributed by atoms with Crippen molar-refractivity contribution in [3.8, 4) is 17.2 Å². The molecular formula is C38H44F3N3O6S. The van der Waals surface area contributed by atoms with Crippen LogP contribution in [0.1, 0.15) is 65.0 Å². The standard InChI is InChI=1S/C38H44F3N3O6S/c1-4-15-48-17-19-50-20-18-49-16-14-42-37(45)26-21-31(40)30(32(41)22-26)24-51-38-43-33-7-5-6-29(25-8-13-34(46-2)35(23-25)47-3)36(33)44(38)28-11-9-27(39)10-12-28/h8-13,21-23,29H,4-7,14-20,24H2,1-3H3,(H,42,45). The number of hydrogen-bond acceptors (Lipinski definition) is 8. The van der Waals surface area contributed by atoms with Crippen LogP contribution in [0, 0.1) is 17.5 Å². The lowest BCUT2D eigenvalue weighted by Gasteiger charge is -2.26. The molecule has 1 aliphatic carbocycles. The first-order valence-corrected chi connectivity index (χ1v) is 18.0. The van der Waals surface area contributed by atoms with E-state index in [9.17, 15) is 9.18 Å². The predicted molar refractivity (Wildman–Crippen MR) is 189 cm³/mol. The summed E-state index contributed by atoms with van der Waals surface area (Å²) >= 11 is 1.17. The fourth-order valence-electron chi connectivity index (χ4n) is 5.97. The minimum atomic E-state index is -0.836. The zero-order valence-corrected chi connectivity index (χ0v) is 30.0. The second kappa shape index (κ2) is 19.0. The Hall–Kier alpha value is -4.04. The number of benzene rings is 3. The Bertz CT molecular complexity index is 1730. The number of carbonyl (C=O) groups excluding carboxylic acids is 1. The molecule has 1 heterocycles. The number of methoxy groups -OCH3 is 2. The summed E-state index contributed by atoms with van der Waals surface area (Å²) in [7, 11) is 3.17. The Morgan fingerprint density at radius 3 is 2.22 bits per heavy atom. The van der Waals surface area contributed by atoms with E-state index in [-0.39, 0.29) is 41.8 Å². The van der Waals surface area contributed by atoms with Crippen molar-refractivity contribution < 1.29 is 41.7 Å². The summed E-state index contributed by atoms with van der Waals surface area (Å²) in [6, 6.07) is 14.0. The van der Waals surface area contributed by atoms with Gasteiger partial charge in [0.05, 0.1) is 58.6 Å². The summed E-state index contributed by atoms with van der Waals surface area (Å²) in [4.78, 5) is 17.6. The maximum atomic E-state index is 15.4. The minimum absolute atomic E-state index is 0.0686. The van der Waals surface area contributed by atoms with Crippen molar-refractivity contribution in [2.24, 2.45) is 0 Å². The molecule has 1 aromatic heterocycles. The van der Waals surface area contributed by atoms with Gasteiger partial charge in [-0.2, -0.15) is 0 Å². The molecule has 0 radical (unpaired) electrons. The number of carbonyl (C=O) groups is 1. The van der Waals surface area contributed by atoms with Crippen LogP contribution in [0.4, 0.5) is 13.2 Å². The highest BCUT2D eigenvalue weighted by atomic mass is 32.2. The lowest BCUT2D eigenvalue weighted by atomic mass is 9.84. The second-order valence-electron chi connectivity index (χ2n) is 11.9. The molecular weight excluding hydrogens is 683 g/mol. The molecule has 1 N–H and O–H groups in total. The minimum Gasteiger partial charge on any atom is -0.493 e. The molecule has 5 rings (SSSR count). The van der Waals surface area contributed by atoms with Crippen molar-refractivity contribution in [1.29, 1.82) is 0 Å². The fourth-order valence-corrected chi connectivity index (χ4v) is 7.03. The molecule has 0 aliphatic heterocycles. The van der Waals surface area contributed by atoms with Crippen molar-refractivity contribution in [3.63, 3.8) is 0 Å². The first-order valence-electron chi connectivity index (χ1n) is 17.1. The van der Waals surface area contributed by atoms with Crippen LogP contribution in [0.15, 0.2) is 59.8 Å². The van der Waals surface area contributed by atoms with Gasteiger partial charge in [0.2, 0.25) is 0 Å². The quantitative estimate of drug-likeness (QED) is 0.0798. The van der Waals surface area contributed by atoms with E-state index >= 15 is 8.78 Å². The van der Waals surface area contributed by atoms with E-state index in [0.29, 0.717) is 55.4 Å². The number of aromatic nitrogens is 2. The number of halogens is 3. The van der Waals surface area contributed by atoms with Gasteiger partial charge in [0.25, 0.3) is 5.91 Å². The smallest absolute Gasteiger partial charge is 0.251 e. The van der Waals surface area contributed by atoms with E-state index in [2.05, 4.69) is 5.32 Å². The average Bonchev–Trinajstić information content (AvgIpc) is 3.52. The first kappa shape index (κ1) is 38.2. The first-order chi connectivity index (χ1) is 24.8. The Morgan fingerprint density at radius 2 is 1.55 bits per heavy atom. The average molecular weight is 728 g/mol. The summed E-state index contributed by atoms with van der Waals surface area (Å²) in [5, 5.41) is 3.15. The normalized spacial score (nSPS) is 14.0. The number of fused-ring (bicyclic) bond motifs is 1. The largest absolute Gasteiger partial charge is 0.493 e. The molecule has 274 valence electrons. The molecule has 0 saturated heterocycles. The van der Waals surface area contributed by atoms with Crippen molar-refractivity contribution in [3.05, 3.63) is 100 Å². The summed E-state index contributed by atoms with van der Waals surface area (Å²) in [5.41, 5.74) is 3.18. The molecule has 4 aromatic rings. The highest BCUT2D eigenvalue weighted by Gasteiger charge is 2.31. The van der Waals surface area contributed by atoms with Gasteiger partial charge in [-0.05, 0) is 79.8 Å². The van der Waals surface area contributed by atoms with Crippen LogP contribution < -0.4 is 14.8 Å². The number of nitrogens with one attached hydrogen (secondary N) is 1. The van der Waals surface area contributed by atoms with Crippen LogP contribution >= 0.6 is 11.8 Å². The van der Waals surface area contributed by atoms with Gasteiger partial charge >= 0.3 is 0 Å². The number of rotatable bonds is 19. The van der Waals surface area contributed by atoms with Gasteiger partial charge < -0.3 is 29.0 Å². The highest BCUT2D eigenvalue weighted by Crippen LogP contribution is 2.43. The zero-order chi connectivity index (χ0) is 36.2. The summed E-state index contributed by atoms with van der Waals surface area (Å²) in [6.45, 7) is 4.87. The molecule has 1 aliphatic rings. The molecule has 0 spiro atoms. The molecule has 1 atom stereocenters. The molecule has 0 bridgehead atoms. The number of hydrogen-bond donors (Lipinski definition) is 1. The van der Waals surface area contributed by atoms with E-state index in [1.54, 1.807) is 26.4 Å². The van der Waals surface area contributed by atoms with Gasteiger partial charge in [-0.1, -0.05) is 24.8 Å². The molecule has 51 heavy (non-hydrogen) atoms. The Balaban J connectivity index is 1.27. The van der Waals surface area contributed by atoms with Gasteiger partial charge in [-0.15, -0.1) is 0 Å². The maximum absolute atomic E-state index is 15.4. The third-order valence-corrected chi connectivity index (χ3v) is 9.43. The van der Waals surface area contributed by atoms with E-state index < -0.39 is 17.5 Å². The molecule has 1 unspecified atom stereocenters. The number of ether oxygens (including phenoxy) is 5. The Morgan fingerprint density at radius 1 is 0.882 bits per heavy atom. The zero-order valence-electron chi connectivity index (χ0n) is 29.1. The molecule has 0 fully saturated rings. The van der Waals surface area contributed by atoms with Crippen LogP contribution in [0.2, 0.25) is 0 Å². The van der Waals surface area contributed by atoms with Gasteiger partial charge in [-0.3, -0.25) is 9.36 Å². The second-order valence-corrected chi connectivity index (χ2v) is 12.8. The summed E-state index contributed by atoms with van der Waals surface area (Å²) in [5.74, 6) is -1.60. The van der Waals surface area contributed by atoms with Crippen LogP contribution in [-0.2, 0) is 26.4 Å². The van der Waals surface area contributed by atoms with Crippen molar-refractivity contribution >= 4 is 17.7 Å².